The van der Waals surface area contributed by atoms with E-state index in [1.165, 1.54) is 6.07 Å². The van der Waals surface area contributed by atoms with Crippen LogP contribution < -0.4 is 11.4 Å². The lowest BCUT2D eigenvalue weighted by Crippen LogP contribution is -2.53. The van der Waals surface area contributed by atoms with E-state index in [9.17, 15) is 13.6 Å². The Kier molecular flexibility index (Phi) is 7.30. The molecule has 4 atom stereocenters. The maximum absolute atomic E-state index is 15.7. The van der Waals surface area contributed by atoms with Gasteiger partial charge in [0.2, 0.25) is 0 Å². The number of hydrogen-bond acceptors (Lipinski definition) is 6. The normalized spacial score (nSPS) is 24.5. The van der Waals surface area contributed by atoms with Crippen LogP contribution >= 0.6 is 0 Å². The van der Waals surface area contributed by atoms with Crippen LogP contribution in [0.5, 0.6) is 0 Å². The summed E-state index contributed by atoms with van der Waals surface area (Å²) in [4.78, 5) is 15.8. The summed E-state index contributed by atoms with van der Waals surface area (Å²) in [5, 5.41) is 0. The first-order valence-electron chi connectivity index (χ1n) is 10.6. The second-order valence-electron chi connectivity index (χ2n) is 7.95. The highest BCUT2D eigenvalue weighted by Crippen LogP contribution is 2.44. The number of halogens is 3. The van der Waals surface area contributed by atoms with E-state index in [4.69, 9.17) is 19.9 Å². The molecule has 4 rings (SSSR count). The summed E-state index contributed by atoms with van der Waals surface area (Å²) >= 11 is 0. The van der Waals surface area contributed by atoms with Gasteiger partial charge in [0.1, 0.15) is 11.9 Å². The van der Waals surface area contributed by atoms with Crippen LogP contribution in [0.3, 0.4) is 0 Å². The monoisotopic (exact) mass is 475 g/mol. The topological polar surface area (TPSA) is 88.6 Å². The van der Waals surface area contributed by atoms with Crippen molar-refractivity contribution >= 4 is 5.82 Å². The molecule has 180 valence electrons. The fourth-order valence-corrected chi connectivity index (χ4v) is 3.86. The van der Waals surface area contributed by atoms with E-state index >= 15 is 4.39 Å². The smallest absolute Gasteiger partial charge is 0.351 e. The highest BCUT2D eigenvalue weighted by Gasteiger charge is 2.63. The Hall–Kier alpha value is -3.21. The molecule has 2 N–H and O–H groups in total. The number of nitrogens with two attached hydrogens (primary N) is 1. The standard InChI is InChI=1S/C24H24F3N3O4/c25-19-20(33-14-17-9-5-2-6-10-17)24(22(26)27,15-32-13-16-7-3-1-4-8-16)34-21(19)30-12-11-18(28)29-23(30)31/h1-12,19-22H,13-15H2,(H2,28,29,31)/t19-,20-,21+,24+/m0/s1. The minimum atomic E-state index is -3.18. The molecule has 0 amide bonds. The van der Waals surface area contributed by atoms with Crippen LogP contribution in [-0.4, -0.2) is 40.5 Å². The zero-order chi connectivity index (χ0) is 24.1. The van der Waals surface area contributed by atoms with Crippen LogP contribution in [0.25, 0.3) is 0 Å². The van der Waals surface area contributed by atoms with Gasteiger partial charge in [0.05, 0.1) is 19.8 Å². The summed E-state index contributed by atoms with van der Waals surface area (Å²) in [6.07, 6.45) is -7.55. The first-order chi connectivity index (χ1) is 16.4. The Morgan fingerprint density at radius 1 is 1.03 bits per heavy atom. The van der Waals surface area contributed by atoms with E-state index < -0.39 is 42.8 Å². The minimum Gasteiger partial charge on any atom is -0.383 e. The molecule has 1 saturated heterocycles. The van der Waals surface area contributed by atoms with Crippen molar-refractivity contribution in [2.24, 2.45) is 0 Å². The molecule has 0 saturated carbocycles. The molecule has 0 bridgehead atoms. The van der Waals surface area contributed by atoms with Gasteiger partial charge in [0.25, 0.3) is 6.43 Å². The number of alkyl halides is 3. The molecular formula is C24H24F3N3O4. The number of nitrogen functional groups attached to an aromatic ring is 1. The van der Waals surface area contributed by atoms with E-state index in [2.05, 4.69) is 4.98 Å². The van der Waals surface area contributed by atoms with Crippen LogP contribution in [0.4, 0.5) is 19.0 Å². The third-order valence-corrected chi connectivity index (χ3v) is 5.59. The Morgan fingerprint density at radius 3 is 2.24 bits per heavy atom. The zero-order valence-corrected chi connectivity index (χ0v) is 18.1. The zero-order valence-electron chi connectivity index (χ0n) is 18.1. The van der Waals surface area contributed by atoms with Crippen LogP contribution in [-0.2, 0) is 27.4 Å². The van der Waals surface area contributed by atoms with Crippen molar-refractivity contribution in [3.8, 4) is 0 Å². The predicted octanol–water partition coefficient (Wildman–Crippen LogP) is 3.50. The summed E-state index contributed by atoms with van der Waals surface area (Å²) < 4.78 is 62.4. The van der Waals surface area contributed by atoms with Crippen molar-refractivity contribution in [3.05, 3.63) is 94.5 Å². The Morgan fingerprint density at radius 2 is 1.65 bits per heavy atom. The molecule has 1 aliphatic rings. The van der Waals surface area contributed by atoms with Gasteiger partial charge in [-0.1, -0.05) is 60.7 Å². The summed E-state index contributed by atoms with van der Waals surface area (Å²) in [5.74, 6) is -0.0853. The lowest BCUT2D eigenvalue weighted by Gasteiger charge is -2.33. The van der Waals surface area contributed by atoms with Gasteiger partial charge in [0.15, 0.2) is 18.0 Å². The van der Waals surface area contributed by atoms with E-state index in [0.717, 1.165) is 16.3 Å². The fourth-order valence-electron chi connectivity index (χ4n) is 3.86. The summed E-state index contributed by atoms with van der Waals surface area (Å²) in [7, 11) is 0. The maximum atomic E-state index is 15.7. The van der Waals surface area contributed by atoms with Crippen LogP contribution in [0.2, 0.25) is 0 Å². The second-order valence-corrected chi connectivity index (χ2v) is 7.95. The molecule has 2 aromatic carbocycles. The molecule has 10 heteroatoms. The van der Waals surface area contributed by atoms with Crippen molar-refractivity contribution in [1.29, 1.82) is 0 Å². The minimum absolute atomic E-state index is 0.00900. The van der Waals surface area contributed by atoms with Crippen molar-refractivity contribution in [2.75, 3.05) is 12.3 Å². The van der Waals surface area contributed by atoms with Gasteiger partial charge in [-0.25, -0.2) is 18.0 Å². The number of aromatic nitrogens is 2. The highest BCUT2D eigenvalue weighted by atomic mass is 19.3. The van der Waals surface area contributed by atoms with Crippen LogP contribution in [0.15, 0.2) is 77.7 Å². The van der Waals surface area contributed by atoms with E-state index in [0.29, 0.717) is 5.56 Å². The summed E-state index contributed by atoms with van der Waals surface area (Å²) in [5.41, 5.74) is 3.52. The summed E-state index contributed by atoms with van der Waals surface area (Å²) in [6.45, 7) is -0.786. The predicted molar refractivity (Wildman–Crippen MR) is 118 cm³/mol. The number of benzene rings is 2. The number of hydrogen-bond donors (Lipinski definition) is 1. The average molecular weight is 475 g/mol. The van der Waals surface area contributed by atoms with Gasteiger partial charge in [-0.05, 0) is 17.2 Å². The number of anilines is 1. The molecule has 1 aromatic heterocycles. The third kappa shape index (κ3) is 4.98. The van der Waals surface area contributed by atoms with Crippen molar-refractivity contribution in [2.45, 2.75) is 43.7 Å². The molecule has 2 heterocycles. The third-order valence-electron chi connectivity index (χ3n) is 5.59. The molecule has 34 heavy (non-hydrogen) atoms. The van der Waals surface area contributed by atoms with Gasteiger partial charge in [-0.15, -0.1) is 0 Å². The molecular weight excluding hydrogens is 451 g/mol. The van der Waals surface area contributed by atoms with Gasteiger partial charge < -0.3 is 19.9 Å². The summed E-state index contributed by atoms with van der Waals surface area (Å²) in [6, 6.07) is 18.9. The van der Waals surface area contributed by atoms with E-state index in [1.807, 2.05) is 6.07 Å². The molecule has 0 radical (unpaired) electrons. The van der Waals surface area contributed by atoms with Gasteiger partial charge in [-0.3, -0.25) is 4.57 Å². The molecule has 0 unspecified atom stereocenters. The number of ether oxygens (including phenoxy) is 3. The van der Waals surface area contributed by atoms with E-state index in [-0.39, 0.29) is 19.0 Å². The Balaban J connectivity index is 1.62. The fraction of sp³-hybridized carbons (Fsp3) is 0.333. The Labute approximate surface area is 193 Å². The van der Waals surface area contributed by atoms with Crippen LogP contribution in [0.1, 0.15) is 17.4 Å². The van der Waals surface area contributed by atoms with Crippen molar-refractivity contribution in [1.82, 2.24) is 9.55 Å². The number of nitrogens with zero attached hydrogens (tertiary/aromatic N) is 2. The van der Waals surface area contributed by atoms with Gasteiger partial charge in [-0.2, -0.15) is 4.98 Å². The van der Waals surface area contributed by atoms with Crippen molar-refractivity contribution in [3.63, 3.8) is 0 Å². The molecule has 0 spiro atoms. The van der Waals surface area contributed by atoms with Gasteiger partial charge in [0, 0.05) is 6.20 Å². The molecule has 1 aliphatic heterocycles. The quantitative estimate of drug-likeness (QED) is 0.510. The first kappa shape index (κ1) is 23.9. The SMILES string of the molecule is Nc1ccn([C@@H]2O[C@@](COCc3ccccc3)(C(F)F)[C@@H](OCc3ccccc3)[C@@H]2F)c(=O)n1. The Bertz CT molecular complexity index is 1130. The second kappa shape index (κ2) is 10.4. The first-order valence-corrected chi connectivity index (χ1v) is 10.6. The lowest BCUT2D eigenvalue weighted by molar-refractivity contribution is -0.215. The van der Waals surface area contributed by atoms with E-state index in [1.54, 1.807) is 54.6 Å². The molecule has 1 fully saturated rings. The number of rotatable bonds is 9. The largest absolute Gasteiger partial charge is 0.383 e. The highest BCUT2D eigenvalue weighted by molar-refractivity contribution is 5.24. The molecule has 0 aliphatic carbocycles. The average Bonchev–Trinajstić information content (AvgIpc) is 3.11. The van der Waals surface area contributed by atoms with Gasteiger partial charge >= 0.3 is 5.69 Å². The maximum Gasteiger partial charge on any atom is 0.351 e. The lowest BCUT2D eigenvalue weighted by atomic mass is 9.96. The van der Waals surface area contributed by atoms with Crippen LogP contribution in [0, 0.1) is 0 Å². The molecule has 7 nitrogen and oxygen atoms in total. The molecule has 3 aromatic rings. The van der Waals surface area contributed by atoms with Crippen molar-refractivity contribution < 1.29 is 27.4 Å².